The zero-order valence-corrected chi connectivity index (χ0v) is 12.8. The summed E-state index contributed by atoms with van der Waals surface area (Å²) in [6, 6.07) is 7.10. The minimum atomic E-state index is -0.393. The van der Waals surface area contributed by atoms with E-state index in [1.807, 2.05) is 0 Å². The van der Waals surface area contributed by atoms with E-state index in [2.05, 4.69) is 15.2 Å². The second kappa shape index (κ2) is 8.39. The molecule has 0 amide bonds. The maximum atomic E-state index is 11.2. The minimum absolute atomic E-state index is 0. The van der Waals surface area contributed by atoms with Crippen molar-refractivity contribution in [2.45, 2.75) is 19.9 Å². The molecule has 0 saturated heterocycles. The molecule has 0 radical (unpaired) electrons. The first-order valence-electron chi connectivity index (χ1n) is 6.04. The Morgan fingerprint density at radius 3 is 2.67 bits per heavy atom. The summed E-state index contributed by atoms with van der Waals surface area (Å²) in [6.45, 7) is 2.05. The van der Waals surface area contributed by atoms with Gasteiger partial charge in [0, 0.05) is 17.0 Å². The number of benzene rings is 1. The first-order valence-corrected chi connectivity index (χ1v) is 6.42. The van der Waals surface area contributed by atoms with E-state index in [9.17, 15) is 4.79 Å². The van der Waals surface area contributed by atoms with Crippen molar-refractivity contribution in [1.82, 2.24) is 14.8 Å². The van der Waals surface area contributed by atoms with Gasteiger partial charge in [0.1, 0.15) is 18.4 Å². The highest BCUT2D eigenvalue weighted by Crippen LogP contribution is 2.11. The van der Waals surface area contributed by atoms with Crippen LogP contribution in [0.5, 0.6) is 0 Å². The number of carbonyl (C=O) groups is 1. The number of hydrogen-bond donors (Lipinski definition) is 0. The molecule has 0 aliphatic carbocycles. The lowest BCUT2D eigenvalue weighted by atomic mass is 10.1. The summed E-state index contributed by atoms with van der Waals surface area (Å²) >= 11 is 5.86. The van der Waals surface area contributed by atoms with Gasteiger partial charge < -0.3 is 4.84 Å². The average Bonchev–Trinajstić information content (AvgIpc) is 2.97. The molecule has 21 heavy (non-hydrogen) atoms. The van der Waals surface area contributed by atoms with Gasteiger partial charge in [0.25, 0.3) is 0 Å². The lowest BCUT2D eigenvalue weighted by Crippen LogP contribution is -2.14. The topological polar surface area (TPSA) is 69.4 Å². The predicted molar refractivity (Wildman–Crippen MR) is 81.6 cm³/mol. The molecule has 0 fully saturated rings. The van der Waals surface area contributed by atoms with Crippen molar-refractivity contribution < 1.29 is 9.63 Å². The van der Waals surface area contributed by atoms with Gasteiger partial charge >= 0.3 is 5.97 Å². The summed E-state index contributed by atoms with van der Waals surface area (Å²) in [7, 11) is 0. The van der Waals surface area contributed by atoms with Crippen LogP contribution in [0.4, 0.5) is 0 Å². The fourth-order valence-corrected chi connectivity index (χ4v) is 1.58. The van der Waals surface area contributed by atoms with Gasteiger partial charge in [0.05, 0.1) is 6.54 Å². The molecular weight excluding hydrogens is 315 g/mol. The van der Waals surface area contributed by atoms with E-state index in [1.165, 1.54) is 6.33 Å². The van der Waals surface area contributed by atoms with Crippen molar-refractivity contribution >= 4 is 35.7 Å². The van der Waals surface area contributed by atoms with E-state index >= 15 is 0 Å². The van der Waals surface area contributed by atoms with Crippen LogP contribution in [-0.2, 0) is 16.2 Å². The van der Waals surface area contributed by atoms with Gasteiger partial charge in [-0.3, -0.25) is 0 Å². The summed E-state index contributed by atoms with van der Waals surface area (Å²) in [5.74, 6) is -0.393. The maximum absolute atomic E-state index is 11.2. The predicted octanol–water partition coefficient (Wildman–Crippen LogP) is 2.71. The highest BCUT2D eigenvalue weighted by atomic mass is 35.5. The van der Waals surface area contributed by atoms with E-state index in [4.69, 9.17) is 16.4 Å². The molecule has 8 heteroatoms. The molecule has 0 N–H and O–H groups in total. The number of carbonyl (C=O) groups excluding carboxylic acids is 1. The third-order valence-corrected chi connectivity index (χ3v) is 2.75. The van der Waals surface area contributed by atoms with Crippen LogP contribution >= 0.6 is 24.0 Å². The lowest BCUT2D eigenvalue weighted by Gasteiger charge is -2.06. The van der Waals surface area contributed by atoms with Crippen LogP contribution < -0.4 is 0 Å². The average molecular weight is 329 g/mol. The zero-order valence-electron chi connectivity index (χ0n) is 11.3. The maximum Gasteiger partial charge on any atom is 0.334 e. The molecular formula is C13H14Cl2N4O2. The Bertz CT molecular complexity index is 597. The van der Waals surface area contributed by atoms with Crippen LogP contribution in [-0.4, -0.2) is 26.4 Å². The Morgan fingerprint density at radius 2 is 2.10 bits per heavy atom. The van der Waals surface area contributed by atoms with E-state index in [0.717, 1.165) is 5.56 Å². The molecule has 0 spiro atoms. The van der Waals surface area contributed by atoms with E-state index < -0.39 is 5.97 Å². The number of rotatable bonds is 5. The monoisotopic (exact) mass is 328 g/mol. The molecule has 0 bridgehead atoms. The van der Waals surface area contributed by atoms with Crippen molar-refractivity contribution in [2.24, 2.45) is 5.16 Å². The Hall–Kier alpha value is -1.92. The number of oxime groups is 1. The Kier molecular flexibility index (Phi) is 6.84. The third-order valence-electron chi connectivity index (χ3n) is 2.50. The Morgan fingerprint density at radius 1 is 1.38 bits per heavy atom. The van der Waals surface area contributed by atoms with Crippen LogP contribution in [0.25, 0.3) is 0 Å². The summed E-state index contributed by atoms with van der Waals surface area (Å²) in [6.07, 6.45) is 3.26. The normalized spacial score (nSPS) is 10.9. The van der Waals surface area contributed by atoms with Gasteiger partial charge in [0.2, 0.25) is 0 Å². The van der Waals surface area contributed by atoms with Crippen LogP contribution in [0.15, 0.2) is 42.1 Å². The first-order chi connectivity index (χ1) is 9.69. The quantitative estimate of drug-likeness (QED) is 0.480. The molecule has 1 aromatic carbocycles. The molecule has 0 atom stereocenters. The molecule has 2 aromatic rings. The van der Waals surface area contributed by atoms with Crippen LogP contribution in [0.1, 0.15) is 18.9 Å². The fourth-order valence-electron chi connectivity index (χ4n) is 1.45. The second-order valence-corrected chi connectivity index (χ2v) is 4.39. The Balaban J connectivity index is 0.00000220. The highest BCUT2D eigenvalue weighted by molar-refractivity contribution is 6.30. The standard InChI is InChI=1S/C13H13ClN4O2.ClH/c1-2-13(19)20-17-12(7-18-9-15-8-16-18)10-3-5-11(14)6-4-10;/h3-6,8-9H,2,7H2,1H3;1H. The third kappa shape index (κ3) is 5.17. The molecule has 112 valence electrons. The van der Waals surface area contributed by atoms with Crippen LogP contribution in [0.2, 0.25) is 5.02 Å². The molecule has 0 aliphatic heterocycles. The fraction of sp³-hybridized carbons (Fsp3) is 0.231. The molecule has 1 heterocycles. The molecule has 2 rings (SSSR count). The molecule has 0 unspecified atom stereocenters. The molecule has 1 aromatic heterocycles. The summed E-state index contributed by atoms with van der Waals surface area (Å²) in [5.41, 5.74) is 1.36. The number of nitrogens with zero attached hydrogens (tertiary/aromatic N) is 4. The van der Waals surface area contributed by atoms with Crippen molar-refractivity contribution in [3.8, 4) is 0 Å². The van der Waals surface area contributed by atoms with E-state index in [1.54, 1.807) is 42.2 Å². The van der Waals surface area contributed by atoms with Gasteiger partial charge in [-0.05, 0) is 12.1 Å². The Labute approximate surface area is 133 Å². The van der Waals surface area contributed by atoms with Crippen LogP contribution in [0.3, 0.4) is 0 Å². The van der Waals surface area contributed by atoms with E-state index in [-0.39, 0.29) is 18.8 Å². The minimum Gasteiger partial charge on any atom is -0.318 e. The number of aromatic nitrogens is 3. The first kappa shape index (κ1) is 17.1. The second-order valence-electron chi connectivity index (χ2n) is 3.95. The van der Waals surface area contributed by atoms with Gasteiger partial charge in [-0.25, -0.2) is 14.5 Å². The van der Waals surface area contributed by atoms with Gasteiger partial charge in [-0.15, -0.1) is 12.4 Å². The zero-order chi connectivity index (χ0) is 14.4. The molecule has 0 aliphatic rings. The van der Waals surface area contributed by atoms with Crippen molar-refractivity contribution in [3.63, 3.8) is 0 Å². The molecule has 0 saturated carbocycles. The summed E-state index contributed by atoms with van der Waals surface area (Å²) in [5, 5.41) is 8.53. The number of halogens is 2. The SMILES string of the molecule is CCC(=O)ON=C(Cn1cncn1)c1ccc(Cl)cc1.Cl. The summed E-state index contributed by atoms with van der Waals surface area (Å²) < 4.78 is 1.59. The largest absolute Gasteiger partial charge is 0.334 e. The highest BCUT2D eigenvalue weighted by Gasteiger charge is 2.08. The lowest BCUT2D eigenvalue weighted by molar-refractivity contribution is -0.143. The van der Waals surface area contributed by atoms with Crippen molar-refractivity contribution in [3.05, 3.63) is 47.5 Å². The van der Waals surface area contributed by atoms with Gasteiger partial charge in [-0.1, -0.05) is 35.8 Å². The van der Waals surface area contributed by atoms with Crippen molar-refractivity contribution in [1.29, 1.82) is 0 Å². The smallest absolute Gasteiger partial charge is 0.318 e. The summed E-state index contributed by atoms with van der Waals surface area (Å²) in [4.78, 5) is 19.9. The van der Waals surface area contributed by atoms with Crippen molar-refractivity contribution in [2.75, 3.05) is 0 Å². The van der Waals surface area contributed by atoms with E-state index in [0.29, 0.717) is 17.3 Å². The molecule has 6 nitrogen and oxygen atoms in total. The van der Waals surface area contributed by atoms with Crippen LogP contribution in [0, 0.1) is 0 Å². The van der Waals surface area contributed by atoms with Gasteiger partial charge in [-0.2, -0.15) is 5.10 Å². The number of hydrogen-bond acceptors (Lipinski definition) is 5. The van der Waals surface area contributed by atoms with Gasteiger partial charge in [0.15, 0.2) is 0 Å².